The molecule has 1 N–H and O–H groups in total. The Labute approximate surface area is 176 Å². The van der Waals surface area contributed by atoms with E-state index in [9.17, 15) is 4.79 Å². The van der Waals surface area contributed by atoms with Crippen LogP contribution in [-0.2, 0) is 24.9 Å². The average Bonchev–Trinajstić information content (AvgIpc) is 3.09. The normalized spacial score (nSPS) is 10.9. The minimum atomic E-state index is -0.125. The van der Waals surface area contributed by atoms with Crippen molar-refractivity contribution in [2.45, 2.75) is 20.8 Å². The maximum absolute atomic E-state index is 10.0. The molecule has 0 bridgehead atoms. The van der Waals surface area contributed by atoms with E-state index in [2.05, 4.69) is 22.1 Å². The third-order valence-electron chi connectivity index (χ3n) is 3.77. The average molecular weight is 552 g/mol. The number of carbonyl (C=O) groups excluding carboxylic acids is 1. The molecule has 0 saturated heterocycles. The zero-order valence-corrected chi connectivity index (χ0v) is 18.1. The molecule has 28 heavy (non-hydrogen) atoms. The Morgan fingerprint density at radius 3 is 2.61 bits per heavy atom. The predicted molar refractivity (Wildman–Crippen MR) is 105 cm³/mol. The summed E-state index contributed by atoms with van der Waals surface area (Å²) in [6.45, 7) is 4.88. The number of benzene rings is 1. The van der Waals surface area contributed by atoms with E-state index in [0.29, 0.717) is 0 Å². The number of furan rings is 1. The molecule has 3 heterocycles. The van der Waals surface area contributed by atoms with Crippen molar-refractivity contribution in [2.75, 3.05) is 0 Å². The summed E-state index contributed by atoms with van der Waals surface area (Å²) in [7, 11) is 0. The predicted octanol–water partition coefficient (Wildman–Crippen LogP) is 5.19. The summed E-state index contributed by atoms with van der Waals surface area (Å²) in [6, 6.07) is 13.3. The first-order valence-corrected chi connectivity index (χ1v) is 8.44. The Hall–Kier alpha value is -2.82. The summed E-state index contributed by atoms with van der Waals surface area (Å²) >= 11 is 0. The van der Waals surface area contributed by atoms with Crippen molar-refractivity contribution in [1.82, 2.24) is 9.97 Å². The molecular weight excluding hydrogens is 532 g/mol. The third-order valence-corrected chi connectivity index (χ3v) is 3.77. The Morgan fingerprint density at radius 1 is 1.21 bits per heavy atom. The van der Waals surface area contributed by atoms with Crippen molar-refractivity contribution in [2.24, 2.45) is 0 Å². The zero-order valence-electron chi connectivity index (χ0n) is 15.7. The number of aromatic nitrogens is 2. The van der Waals surface area contributed by atoms with Crippen molar-refractivity contribution in [1.29, 1.82) is 0 Å². The zero-order chi connectivity index (χ0) is 19.4. The molecule has 3 aromatic heterocycles. The molecule has 0 aliphatic rings. The Kier molecular flexibility index (Phi) is 7.21. The number of hydrogen-bond donors (Lipinski definition) is 1. The van der Waals surface area contributed by atoms with Gasteiger partial charge in [-0.15, -0.1) is 6.07 Å². The van der Waals surface area contributed by atoms with Crippen LogP contribution in [0.25, 0.3) is 33.1 Å². The van der Waals surface area contributed by atoms with Crippen LogP contribution in [0.4, 0.5) is 0 Å². The van der Waals surface area contributed by atoms with Gasteiger partial charge in [0, 0.05) is 56.0 Å². The van der Waals surface area contributed by atoms with E-state index >= 15 is 0 Å². The van der Waals surface area contributed by atoms with Gasteiger partial charge in [0.25, 0.3) is 0 Å². The standard InChI is InChI=1S/C17H11N2O.C5H8O2.Ir/c1-11-8-14-13(15-4-2-3-6-18-15)9-12-5-7-20-17(12)16(14)19-10-11;1-4(6)3-5(2)7;/h2-8,10H,1H3;3,6H,1-2H3;/q-1;;/b;4-3-;. The van der Waals surface area contributed by atoms with Gasteiger partial charge in [0.2, 0.25) is 0 Å². The number of pyridine rings is 2. The van der Waals surface area contributed by atoms with Crippen molar-refractivity contribution < 1.29 is 34.4 Å². The van der Waals surface area contributed by atoms with Crippen molar-refractivity contribution in [3.63, 3.8) is 0 Å². The van der Waals surface area contributed by atoms with Crippen molar-refractivity contribution in [3.05, 3.63) is 72.5 Å². The number of aliphatic hydroxyl groups is 1. The number of nitrogens with zero attached hydrogens (tertiary/aromatic N) is 2. The molecule has 0 spiro atoms. The Balaban J connectivity index is 0.000000306. The van der Waals surface area contributed by atoms with Crippen molar-refractivity contribution in [3.8, 4) is 11.3 Å². The van der Waals surface area contributed by atoms with Crippen LogP contribution in [0.3, 0.4) is 0 Å². The Morgan fingerprint density at radius 2 is 2.00 bits per heavy atom. The second-order valence-electron chi connectivity index (χ2n) is 6.18. The molecular formula is C22H19IrN2O3-. The first kappa shape index (κ1) is 21.5. The topological polar surface area (TPSA) is 76.2 Å². The number of fused-ring (bicyclic) bond motifs is 3. The maximum atomic E-state index is 10.0. The summed E-state index contributed by atoms with van der Waals surface area (Å²) in [5.41, 5.74) is 4.60. The monoisotopic (exact) mass is 552 g/mol. The summed E-state index contributed by atoms with van der Waals surface area (Å²) in [4.78, 5) is 19.0. The summed E-state index contributed by atoms with van der Waals surface area (Å²) in [5, 5.41) is 10.3. The molecule has 6 heteroatoms. The van der Waals surface area contributed by atoms with Crippen molar-refractivity contribution >= 4 is 27.7 Å². The first-order chi connectivity index (χ1) is 13.0. The van der Waals surface area contributed by atoms with Crippen LogP contribution in [0.1, 0.15) is 19.4 Å². The second kappa shape index (κ2) is 9.40. The second-order valence-corrected chi connectivity index (χ2v) is 6.18. The minimum Gasteiger partial charge on any atom is -0.512 e. The third kappa shape index (κ3) is 4.91. The number of aryl methyl sites for hydroxylation is 1. The van der Waals surface area contributed by atoms with Crippen LogP contribution in [0, 0.1) is 13.0 Å². The quantitative estimate of drug-likeness (QED) is 0.211. The number of hydrogen-bond acceptors (Lipinski definition) is 5. The fourth-order valence-corrected chi connectivity index (χ4v) is 2.74. The van der Waals surface area contributed by atoms with E-state index in [4.69, 9.17) is 9.52 Å². The van der Waals surface area contributed by atoms with E-state index in [-0.39, 0.29) is 31.6 Å². The molecule has 0 unspecified atom stereocenters. The van der Waals surface area contributed by atoms with Gasteiger partial charge in [-0.05, 0) is 32.4 Å². The van der Waals surface area contributed by atoms with E-state index in [1.165, 1.54) is 19.9 Å². The molecule has 1 radical (unpaired) electrons. The summed E-state index contributed by atoms with van der Waals surface area (Å²) in [6.07, 6.45) is 6.48. The Bertz CT molecular complexity index is 1130. The molecule has 5 nitrogen and oxygen atoms in total. The van der Waals surface area contributed by atoms with Crippen LogP contribution in [0.15, 0.2) is 65.2 Å². The molecule has 0 saturated carbocycles. The van der Waals surface area contributed by atoms with Crippen LogP contribution in [-0.4, -0.2) is 20.9 Å². The van der Waals surface area contributed by atoms with Gasteiger partial charge in [-0.3, -0.25) is 14.8 Å². The van der Waals surface area contributed by atoms with Gasteiger partial charge < -0.3 is 9.52 Å². The van der Waals surface area contributed by atoms with Gasteiger partial charge in [0.1, 0.15) is 0 Å². The molecule has 145 valence electrons. The van der Waals surface area contributed by atoms with Crippen LogP contribution in [0.5, 0.6) is 0 Å². The molecule has 0 aliphatic carbocycles. The molecule has 0 aliphatic heterocycles. The largest absolute Gasteiger partial charge is 0.512 e. The molecule has 0 atom stereocenters. The van der Waals surface area contributed by atoms with Gasteiger partial charge in [-0.2, -0.15) is 0 Å². The van der Waals surface area contributed by atoms with Gasteiger partial charge in [0.15, 0.2) is 5.78 Å². The van der Waals surface area contributed by atoms with E-state index in [1.807, 2.05) is 37.4 Å². The number of allylic oxidation sites excluding steroid dienone is 2. The number of carbonyl (C=O) groups is 1. The summed E-state index contributed by atoms with van der Waals surface area (Å²) < 4.78 is 5.55. The SMILES string of the molecule is CC(=O)/C=C(/C)O.Cc1cnc2c(c1)c(-c1ccccn1)[c-]c1ccoc12.[Ir]. The molecule has 4 aromatic rings. The molecule has 4 rings (SSSR count). The van der Waals surface area contributed by atoms with Gasteiger partial charge in [-0.1, -0.05) is 40.6 Å². The van der Waals surface area contributed by atoms with Crippen LogP contribution in [0.2, 0.25) is 0 Å². The van der Waals surface area contributed by atoms with Gasteiger partial charge in [0.05, 0.1) is 11.3 Å². The summed E-state index contributed by atoms with van der Waals surface area (Å²) in [5.74, 6) is -0.0625. The number of rotatable bonds is 2. The van der Waals surface area contributed by atoms with E-state index in [1.54, 1.807) is 12.5 Å². The number of ketones is 1. The number of aliphatic hydroxyl groups excluding tert-OH is 1. The van der Waals surface area contributed by atoms with Crippen LogP contribution < -0.4 is 0 Å². The smallest absolute Gasteiger partial charge is 0.155 e. The molecule has 0 fully saturated rings. The fourth-order valence-electron chi connectivity index (χ4n) is 2.74. The van der Waals surface area contributed by atoms with E-state index in [0.717, 1.165) is 38.7 Å². The van der Waals surface area contributed by atoms with Gasteiger partial charge in [-0.25, -0.2) is 0 Å². The van der Waals surface area contributed by atoms with Crippen LogP contribution >= 0.6 is 0 Å². The molecule has 0 amide bonds. The molecule has 1 aromatic carbocycles. The van der Waals surface area contributed by atoms with E-state index < -0.39 is 0 Å². The first-order valence-electron chi connectivity index (χ1n) is 8.44. The fraction of sp³-hybridized carbons (Fsp3) is 0.136. The maximum Gasteiger partial charge on any atom is 0.155 e. The minimum absolute atomic E-state index is 0. The van der Waals surface area contributed by atoms with Gasteiger partial charge >= 0.3 is 0 Å².